The number of oxime groups is 2. The molecule has 1 heterocycles. The van der Waals surface area contributed by atoms with Gasteiger partial charge in [0.15, 0.2) is 5.76 Å². The molecule has 116 valence electrons. The highest BCUT2D eigenvalue weighted by molar-refractivity contribution is 6.47. The van der Waals surface area contributed by atoms with Crippen LogP contribution in [0.25, 0.3) is 11.3 Å². The lowest BCUT2D eigenvalue weighted by atomic mass is 10.0. The van der Waals surface area contributed by atoms with Crippen LogP contribution in [0.3, 0.4) is 0 Å². The summed E-state index contributed by atoms with van der Waals surface area (Å²) >= 11 is 0. The number of nitrogens with zero attached hydrogens (tertiary/aromatic N) is 3. The second-order valence-electron chi connectivity index (χ2n) is 4.60. The molecule has 0 N–H and O–H groups in total. The molecule has 0 radical (unpaired) electrons. The van der Waals surface area contributed by atoms with E-state index in [0.717, 1.165) is 29.0 Å². The Morgan fingerprint density at radius 3 is 2.36 bits per heavy atom. The molecule has 22 heavy (non-hydrogen) atoms. The summed E-state index contributed by atoms with van der Waals surface area (Å²) in [6.45, 7) is 3.84. The highest BCUT2D eigenvalue weighted by atomic mass is 16.6. The van der Waals surface area contributed by atoms with Gasteiger partial charge in [-0.15, -0.1) is 0 Å². The average Bonchev–Trinajstić information content (AvgIpc) is 3.02. The molecule has 6 heteroatoms. The first kappa shape index (κ1) is 15.8. The maximum Gasteiger partial charge on any atom is 0.167 e. The molecule has 0 aliphatic carbocycles. The van der Waals surface area contributed by atoms with Crippen LogP contribution >= 0.6 is 0 Å². The van der Waals surface area contributed by atoms with E-state index in [9.17, 15) is 0 Å². The fourth-order valence-electron chi connectivity index (χ4n) is 2.01. The first-order valence-electron chi connectivity index (χ1n) is 6.95. The molecule has 0 saturated carbocycles. The Kier molecular flexibility index (Phi) is 5.30. The van der Waals surface area contributed by atoms with E-state index in [-0.39, 0.29) is 0 Å². The Morgan fingerprint density at radius 1 is 1.14 bits per heavy atom. The van der Waals surface area contributed by atoms with Gasteiger partial charge in [-0.25, -0.2) is 0 Å². The minimum absolute atomic E-state index is 0.614. The Hall–Kier alpha value is -2.63. The van der Waals surface area contributed by atoms with E-state index in [2.05, 4.69) is 15.5 Å². The largest absolute Gasteiger partial charge is 0.399 e. The molecule has 0 bridgehead atoms. The number of aromatic nitrogens is 1. The monoisotopic (exact) mass is 301 g/mol. The second-order valence-corrected chi connectivity index (χ2v) is 4.60. The summed E-state index contributed by atoms with van der Waals surface area (Å²) in [5.41, 5.74) is 4.00. The van der Waals surface area contributed by atoms with Gasteiger partial charge in [-0.3, -0.25) is 0 Å². The summed E-state index contributed by atoms with van der Waals surface area (Å²) < 4.78 is 5.33. The van der Waals surface area contributed by atoms with Crippen molar-refractivity contribution in [2.75, 3.05) is 14.2 Å². The molecule has 0 unspecified atom stereocenters. The van der Waals surface area contributed by atoms with Gasteiger partial charge in [0.1, 0.15) is 25.6 Å². The summed E-state index contributed by atoms with van der Waals surface area (Å²) in [5, 5.41) is 11.9. The van der Waals surface area contributed by atoms with Gasteiger partial charge in [-0.05, 0) is 13.3 Å². The van der Waals surface area contributed by atoms with Crippen molar-refractivity contribution >= 4 is 11.4 Å². The molecule has 6 nitrogen and oxygen atoms in total. The van der Waals surface area contributed by atoms with Crippen molar-refractivity contribution in [3.63, 3.8) is 0 Å². The van der Waals surface area contributed by atoms with Crippen LogP contribution < -0.4 is 0 Å². The fourth-order valence-corrected chi connectivity index (χ4v) is 2.01. The third-order valence-electron chi connectivity index (χ3n) is 3.12. The van der Waals surface area contributed by atoms with Crippen LogP contribution in [0.2, 0.25) is 0 Å². The molecule has 0 aliphatic heterocycles. The highest BCUT2D eigenvalue weighted by Crippen LogP contribution is 2.21. The first-order chi connectivity index (χ1) is 10.7. The average molecular weight is 301 g/mol. The van der Waals surface area contributed by atoms with Crippen LogP contribution in [-0.2, 0) is 16.1 Å². The third-order valence-corrected chi connectivity index (χ3v) is 3.12. The van der Waals surface area contributed by atoms with E-state index < -0.39 is 0 Å². The quantitative estimate of drug-likeness (QED) is 0.606. The van der Waals surface area contributed by atoms with Crippen molar-refractivity contribution in [2.24, 2.45) is 10.3 Å². The Labute approximate surface area is 129 Å². The van der Waals surface area contributed by atoms with Crippen LogP contribution in [0.4, 0.5) is 0 Å². The normalized spacial score (nSPS) is 12.4. The van der Waals surface area contributed by atoms with Gasteiger partial charge in [0.05, 0.1) is 5.69 Å². The van der Waals surface area contributed by atoms with E-state index in [0.29, 0.717) is 11.4 Å². The Morgan fingerprint density at radius 2 is 1.82 bits per heavy atom. The lowest BCUT2D eigenvalue weighted by Crippen LogP contribution is -2.13. The molecule has 0 saturated heterocycles. The highest BCUT2D eigenvalue weighted by Gasteiger charge is 2.11. The van der Waals surface area contributed by atoms with Crippen molar-refractivity contribution in [3.8, 4) is 11.3 Å². The Balaban J connectivity index is 2.30. The predicted octanol–water partition coefficient (Wildman–Crippen LogP) is 3.28. The van der Waals surface area contributed by atoms with Gasteiger partial charge in [-0.1, -0.05) is 46.7 Å². The molecule has 0 spiro atoms. The zero-order valence-corrected chi connectivity index (χ0v) is 13.2. The minimum Gasteiger partial charge on any atom is -0.399 e. The number of aryl methyl sites for hydroxylation is 1. The van der Waals surface area contributed by atoms with Crippen molar-refractivity contribution in [3.05, 3.63) is 41.6 Å². The number of benzene rings is 1. The third kappa shape index (κ3) is 3.52. The molecule has 1 aromatic carbocycles. The summed E-state index contributed by atoms with van der Waals surface area (Å²) in [6, 6.07) is 9.68. The maximum atomic E-state index is 5.33. The lowest BCUT2D eigenvalue weighted by molar-refractivity contribution is 0.210. The van der Waals surface area contributed by atoms with E-state index in [1.807, 2.05) is 37.3 Å². The predicted molar refractivity (Wildman–Crippen MR) is 85.0 cm³/mol. The fraction of sp³-hybridized carbons (Fsp3) is 0.312. The van der Waals surface area contributed by atoms with Crippen LogP contribution in [-0.4, -0.2) is 30.8 Å². The molecule has 2 rings (SSSR count). The molecule has 0 amide bonds. The molecule has 0 atom stereocenters. The van der Waals surface area contributed by atoms with Crippen LogP contribution in [0, 0.1) is 0 Å². The van der Waals surface area contributed by atoms with Gasteiger partial charge in [-0.2, -0.15) is 0 Å². The summed E-state index contributed by atoms with van der Waals surface area (Å²) in [7, 11) is 2.99. The molecule has 1 aromatic heterocycles. The Bertz CT molecular complexity index is 672. The summed E-state index contributed by atoms with van der Waals surface area (Å²) in [4.78, 5) is 9.67. The minimum atomic E-state index is 0.614. The standard InChI is InChI=1S/C16H19N3O3/c1-5-14-10-15(22-18-14)12-6-8-13(9-7-12)16(19-21-4)11(2)17-20-3/h6-10H,5H2,1-4H3/b17-11+,19-16-. The molecular weight excluding hydrogens is 282 g/mol. The van der Waals surface area contributed by atoms with Gasteiger partial charge < -0.3 is 14.2 Å². The smallest absolute Gasteiger partial charge is 0.167 e. The molecular formula is C16H19N3O3. The maximum absolute atomic E-state index is 5.33. The SMILES string of the molecule is CCc1cc(-c2ccc(C(=N\OC)/C(C)=N/OC)cc2)on1. The van der Waals surface area contributed by atoms with Crippen LogP contribution in [0.1, 0.15) is 25.1 Å². The van der Waals surface area contributed by atoms with E-state index in [4.69, 9.17) is 14.2 Å². The zero-order chi connectivity index (χ0) is 15.9. The van der Waals surface area contributed by atoms with Crippen molar-refractivity contribution in [2.45, 2.75) is 20.3 Å². The number of rotatable bonds is 6. The molecule has 0 aliphatic rings. The molecule has 2 aromatic rings. The number of hydrogen-bond donors (Lipinski definition) is 0. The zero-order valence-electron chi connectivity index (χ0n) is 13.2. The second kappa shape index (κ2) is 7.40. The number of hydrogen-bond acceptors (Lipinski definition) is 6. The molecule has 0 fully saturated rings. The van der Waals surface area contributed by atoms with Crippen molar-refractivity contribution < 1.29 is 14.2 Å². The van der Waals surface area contributed by atoms with Crippen molar-refractivity contribution in [1.82, 2.24) is 5.16 Å². The summed E-state index contributed by atoms with van der Waals surface area (Å²) in [5.74, 6) is 0.746. The van der Waals surface area contributed by atoms with Gasteiger partial charge in [0.2, 0.25) is 0 Å². The first-order valence-corrected chi connectivity index (χ1v) is 6.95. The van der Waals surface area contributed by atoms with Gasteiger partial charge in [0.25, 0.3) is 0 Å². The lowest BCUT2D eigenvalue weighted by Gasteiger charge is -2.05. The van der Waals surface area contributed by atoms with Gasteiger partial charge in [0, 0.05) is 17.2 Å². The van der Waals surface area contributed by atoms with Crippen LogP contribution in [0.15, 0.2) is 45.2 Å². The van der Waals surface area contributed by atoms with E-state index in [1.165, 1.54) is 14.2 Å². The topological polar surface area (TPSA) is 69.2 Å². The van der Waals surface area contributed by atoms with Crippen LogP contribution in [0.5, 0.6) is 0 Å². The van der Waals surface area contributed by atoms with Gasteiger partial charge >= 0.3 is 0 Å². The van der Waals surface area contributed by atoms with E-state index >= 15 is 0 Å². The summed E-state index contributed by atoms with van der Waals surface area (Å²) in [6.07, 6.45) is 0.846. The van der Waals surface area contributed by atoms with E-state index in [1.54, 1.807) is 6.92 Å². The van der Waals surface area contributed by atoms with Crippen molar-refractivity contribution in [1.29, 1.82) is 0 Å².